The topological polar surface area (TPSA) is 85.9 Å². The van der Waals surface area contributed by atoms with Gasteiger partial charge in [-0.05, 0) is 17.7 Å². The number of aromatic nitrogens is 2. The van der Waals surface area contributed by atoms with Gasteiger partial charge in [0.25, 0.3) is 5.92 Å². The smallest absolute Gasteiger partial charge is 0.323 e. The van der Waals surface area contributed by atoms with Gasteiger partial charge in [0.2, 0.25) is 0 Å². The van der Waals surface area contributed by atoms with E-state index in [-0.39, 0.29) is 5.56 Å². The highest BCUT2D eigenvalue weighted by molar-refractivity contribution is 5.75. The van der Waals surface area contributed by atoms with E-state index in [0.29, 0.717) is 11.0 Å². The van der Waals surface area contributed by atoms with Gasteiger partial charge in [0.15, 0.2) is 0 Å². The van der Waals surface area contributed by atoms with Crippen LogP contribution in [0.3, 0.4) is 0 Å². The number of halogens is 2. The number of aromatic amines is 2. The number of carboxylic acids is 1. The third kappa shape index (κ3) is 2.73. The number of H-pyrrole nitrogens is 2. The summed E-state index contributed by atoms with van der Waals surface area (Å²) in [5.74, 6) is -4.85. The summed E-state index contributed by atoms with van der Waals surface area (Å²) in [7, 11) is 0. The number of alkyl halides is 2. The van der Waals surface area contributed by atoms with Gasteiger partial charge < -0.3 is 15.1 Å². The van der Waals surface area contributed by atoms with Crippen LogP contribution in [0.4, 0.5) is 8.78 Å². The normalized spacial score (nSPS) is 11.9. The van der Waals surface area contributed by atoms with Crippen LogP contribution < -0.4 is 5.69 Å². The Morgan fingerprint density at radius 1 is 1.28 bits per heavy atom. The van der Waals surface area contributed by atoms with Crippen molar-refractivity contribution < 1.29 is 18.7 Å². The SMILES string of the molecule is O=C(O)CC(F)(F)Cc1ccc2[nH]c(=O)[nH]c2c1. The zero-order chi connectivity index (χ0) is 13.3. The van der Waals surface area contributed by atoms with Crippen molar-refractivity contribution in [3.63, 3.8) is 0 Å². The summed E-state index contributed by atoms with van der Waals surface area (Å²) in [5, 5.41) is 8.37. The molecule has 0 atom stereocenters. The minimum Gasteiger partial charge on any atom is -0.481 e. The Kier molecular flexibility index (Phi) is 2.90. The summed E-state index contributed by atoms with van der Waals surface area (Å²) in [6, 6.07) is 4.34. The molecule has 96 valence electrons. The van der Waals surface area contributed by atoms with Gasteiger partial charge in [0.1, 0.15) is 6.42 Å². The number of benzene rings is 1. The minimum absolute atomic E-state index is 0.268. The minimum atomic E-state index is -3.31. The zero-order valence-electron chi connectivity index (χ0n) is 9.17. The number of imidazole rings is 1. The van der Waals surface area contributed by atoms with Gasteiger partial charge in [-0.1, -0.05) is 6.07 Å². The highest BCUT2D eigenvalue weighted by atomic mass is 19.3. The number of nitrogens with one attached hydrogen (secondary N) is 2. The maximum Gasteiger partial charge on any atom is 0.323 e. The molecule has 1 aromatic heterocycles. The van der Waals surface area contributed by atoms with Crippen molar-refractivity contribution in [2.24, 2.45) is 0 Å². The predicted molar refractivity (Wildman–Crippen MR) is 59.8 cm³/mol. The molecule has 5 nitrogen and oxygen atoms in total. The van der Waals surface area contributed by atoms with E-state index in [1.165, 1.54) is 18.2 Å². The fourth-order valence-corrected chi connectivity index (χ4v) is 1.77. The Hall–Kier alpha value is -2.18. The van der Waals surface area contributed by atoms with Gasteiger partial charge in [0.05, 0.1) is 11.0 Å². The van der Waals surface area contributed by atoms with Crippen molar-refractivity contribution in [3.8, 4) is 0 Å². The van der Waals surface area contributed by atoms with Crippen LogP contribution in [0.5, 0.6) is 0 Å². The molecule has 2 aromatic rings. The van der Waals surface area contributed by atoms with E-state index in [1.807, 2.05) is 0 Å². The quantitative estimate of drug-likeness (QED) is 0.775. The van der Waals surface area contributed by atoms with Crippen LogP contribution in [-0.4, -0.2) is 27.0 Å². The first-order valence-corrected chi connectivity index (χ1v) is 5.16. The molecule has 0 unspecified atom stereocenters. The molecule has 0 aliphatic heterocycles. The molecule has 7 heteroatoms. The Labute approximate surface area is 99.4 Å². The van der Waals surface area contributed by atoms with Crippen molar-refractivity contribution in [2.45, 2.75) is 18.8 Å². The molecular formula is C11H10F2N2O3. The van der Waals surface area contributed by atoms with Gasteiger partial charge in [-0.3, -0.25) is 4.79 Å². The zero-order valence-corrected chi connectivity index (χ0v) is 9.17. The summed E-state index contributed by atoms with van der Waals surface area (Å²) in [5.41, 5.74) is 0.789. The van der Waals surface area contributed by atoms with Gasteiger partial charge in [-0.25, -0.2) is 13.6 Å². The lowest BCUT2D eigenvalue weighted by Crippen LogP contribution is -2.23. The van der Waals surface area contributed by atoms with Crippen LogP contribution in [-0.2, 0) is 11.2 Å². The molecule has 0 aliphatic rings. The fourth-order valence-electron chi connectivity index (χ4n) is 1.77. The number of fused-ring (bicyclic) bond motifs is 1. The van der Waals surface area contributed by atoms with E-state index in [2.05, 4.69) is 9.97 Å². The molecule has 0 amide bonds. The molecule has 18 heavy (non-hydrogen) atoms. The lowest BCUT2D eigenvalue weighted by Gasteiger charge is -2.13. The summed E-state index contributed by atoms with van der Waals surface area (Å²) in [6.07, 6.45) is -1.89. The summed E-state index contributed by atoms with van der Waals surface area (Å²) in [6.45, 7) is 0. The molecule has 3 N–H and O–H groups in total. The Morgan fingerprint density at radius 3 is 2.61 bits per heavy atom. The third-order valence-corrected chi connectivity index (χ3v) is 2.45. The predicted octanol–water partition coefficient (Wildman–Crippen LogP) is 1.51. The summed E-state index contributed by atoms with van der Waals surface area (Å²) >= 11 is 0. The second-order valence-corrected chi connectivity index (χ2v) is 4.06. The van der Waals surface area contributed by atoms with Crippen LogP contribution in [0.15, 0.2) is 23.0 Å². The molecule has 0 saturated heterocycles. The maximum absolute atomic E-state index is 13.3. The van der Waals surface area contributed by atoms with Gasteiger partial charge >= 0.3 is 11.7 Å². The number of aliphatic carboxylic acids is 1. The van der Waals surface area contributed by atoms with Crippen molar-refractivity contribution in [1.29, 1.82) is 0 Å². The highest BCUT2D eigenvalue weighted by Gasteiger charge is 2.32. The first-order chi connectivity index (χ1) is 8.35. The second-order valence-electron chi connectivity index (χ2n) is 4.06. The summed E-state index contributed by atoms with van der Waals surface area (Å²) in [4.78, 5) is 26.2. The molecular weight excluding hydrogens is 246 g/mol. The van der Waals surface area contributed by atoms with Crippen LogP contribution >= 0.6 is 0 Å². The number of carboxylic acid groups (broad SMARTS) is 1. The van der Waals surface area contributed by atoms with Crippen molar-refractivity contribution in [1.82, 2.24) is 9.97 Å². The first-order valence-electron chi connectivity index (χ1n) is 5.16. The molecule has 0 aliphatic carbocycles. The molecule has 0 bridgehead atoms. The molecule has 1 aromatic carbocycles. The van der Waals surface area contributed by atoms with Crippen LogP contribution in [0.25, 0.3) is 11.0 Å². The fraction of sp³-hybridized carbons (Fsp3) is 0.273. The molecule has 0 saturated carbocycles. The van der Waals surface area contributed by atoms with Crippen LogP contribution in [0, 0.1) is 0 Å². The molecule has 0 fully saturated rings. The van der Waals surface area contributed by atoms with Crippen LogP contribution in [0.1, 0.15) is 12.0 Å². The highest BCUT2D eigenvalue weighted by Crippen LogP contribution is 2.25. The number of hydrogen-bond donors (Lipinski definition) is 3. The molecule has 1 heterocycles. The number of rotatable bonds is 4. The van der Waals surface area contributed by atoms with Crippen molar-refractivity contribution in [2.75, 3.05) is 0 Å². The molecule has 0 spiro atoms. The van der Waals surface area contributed by atoms with E-state index < -0.39 is 30.4 Å². The monoisotopic (exact) mass is 256 g/mol. The average molecular weight is 256 g/mol. The lowest BCUT2D eigenvalue weighted by atomic mass is 10.0. The Balaban J connectivity index is 2.26. The Morgan fingerprint density at radius 2 is 1.94 bits per heavy atom. The van der Waals surface area contributed by atoms with E-state index in [1.54, 1.807) is 0 Å². The van der Waals surface area contributed by atoms with Crippen molar-refractivity contribution in [3.05, 3.63) is 34.2 Å². The van der Waals surface area contributed by atoms with Crippen LogP contribution in [0.2, 0.25) is 0 Å². The van der Waals surface area contributed by atoms with Gasteiger partial charge in [-0.15, -0.1) is 0 Å². The largest absolute Gasteiger partial charge is 0.481 e. The number of carbonyl (C=O) groups is 1. The first kappa shape index (κ1) is 12.3. The molecule has 0 radical (unpaired) electrons. The average Bonchev–Trinajstić information content (AvgIpc) is 2.54. The van der Waals surface area contributed by atoms with E-state index >= 15 is 0 Å². The van der Waals surface area contributed by atoms with E-state index in [9.17, 15) is 18.4 Å². The Bertz CT molecular complexity index is 645. The lowest BCUT2D eigenvalue weighted by molar-refractivity contribution is -0.144. The second kappa shape index (κ2) is 4.25. The maximum atomic E-state index is 13.3. The van der Waals surface area contributed by atoms with Gasteiger partial charge in [-0.2, -0.15) is 0 Å². The summed E-state index contributed by atoms with van der Waals surface area (Å²) < 4.78 is 26.6. The number of hydrogen-bond acceptors (Lipinski definition) is 2. The standard InChI is InChI=1S/C11H10F2N2O3/c12-11(13,5-9(16)17)4-6-1-2-7-8(3-6)15-10(18)14-7/h1-3H,4-5H2,(H,16,17)(H2,14,15,18). The van der Waals surface area contributed by atoms with E-state index in [0.717, 1.165) is 0 Å². The third-order valence-electron chi connectivity index (χ3n) is 2.45. The van der Waals surface area contributed by atoms with Gasteiger partial charge in [0, 0.05) is 6.42 Å². The van der Waals surface area contributed by atoms with E-state index in [4.69, 9.17) is 5.11 Å². The molecule has 2 rings (SSSR count). The van der Waals surface area contributed by atoms with Crippen molar-refractivity contribution >= 4 is 17.0 Å².